The molecule has 7 nitrogen and oxygen atoms in total. The SMILES string of the molecule is C#CCOc1ccc(C=C2C(=O)NC(=O)N(c3ccc(Br)c(C)c3)C2=O)cc1OC. The minimum Gasteiger partial charge on any atom is -0.493 e. The summed E-state index contributed by atoms with van der Waals surface area (Å²) in [6.07, 6.45) is 6.58. The maximum atomic E-state index is 13.0. The highest BCUT2D eigenvalue weighted by Gasteiger charge is 2.36. The smallest absolute Gasteiger partial charge is 0.335 e. The van der Waals surface area contributed by atoms with Gasteiger partial charge in [-0.1, -0.05) is 27.9 Å². The van der Waals surface area contributed by atoms with Crippen molar-refractivity contribution in [3.8, 4) is 23.8 Å². The van der Waals surface area contributed by atoms with E-state index in [1.54, 1.807) is 36.4 Å². The van der Waals surface area contributed by atoms with Crippen LogP contribution >= 0.6 is 15.9 Å². The molecular formula is C22H17BrN2O5. The number of hydrogen-bond donors (Lipinski definition) is 1. The number of carbonyl (C=O) groups is 3. The third-order valence-corrected chi connectivity index (χ3v) is 5.20. The molecule has 30 heavy (non-hydrogen) atoms. The maximum absolute atomic E-state index is 13.0. The number of barbiturate groups is 1. The lowest BCUT2D eigenvalue weighted by molar-refractivity contribution is -0.122. The molecule has 2 aromatic carbocycles. The Morgan fingerprint density at radius 3 is 2.60 bits per heavy atom. The van der Waals surface area contributed by atoms with Gasteiger partial charge in [0.05, 0.1) is 12.8 Å². The topological polar surface area (TPSA) is 84.9 Å². The average molecular weight is 469 g/mol. The van der Waals surface area contributed by atoms with E-state index in [1.165, 1.54) is 13.2 Å². The van der Waals surface area contributed by atoms with Gasteiger partial charge in [0, 0.05) is 4.47 Å². The van der Waals surface area contributed by atoms with Gasteiger partial charge in [0.15, 0.2) is 11.5 Å². The molecule has 0 unspecified atom stereocenters. The van der Waals surface area contributed by atoms with E-state index < -0.39 is 17.8 Å². The summed E-state index contributed by atoms with van der Waals surface area (Å²) in [4.78, 5) is 38.6. The molecule has 0 spiro atoms. The number of rotatable bonds is 5. The second-order valence-corrected chi connectivity index (χ2v) is 7.15. The number of anilines is 1. The van der Waals surface area contributed by atoms with E-state index in [4.69, 9.17) is 15.9 Å². The fourth-order valence-electron chi connectivity index (χ4n) is 2.84. The molecule has 1 saturated heterocycles. The largest absolute Gasteiger partial charge is 0.493 e. The number of carbonyl (C=O) groups excluding carboxylic acids is 3. The van der Waals surface area contributed by atoms with Gasteiger partial charge in [-0.25, -0.2) is 9.69 Å². The van der Waals surface area contributed by atoms with Gasteiger partial charge >= 0.3 is 6.03 Å². The molecule has 1 aliphatic heterocycles. The summed E-state index contributed by atoms with van der Waals surface area (Å²) in [5.74, 6) is 1.68. The first-order valence-electron chi connectivity index (χ1n) is 8.77. The van der Waals surface area contributed by atoms with E-state index in [0.717, 1.165) is 14.9 Å². The molecule has 1 N–H and O–H groups in total. The second kappa shape index (κ2) is 8.84. The molecule has 4 amide bonds. The van der Waals surface area contributed by atoms with Crippen LogP contribution in [0.15, 0.2) is 46.4 Å². The van der Waals surface area contributed by atoms with Crippen molar-refractivity contribution in [2.45, 2.75) is 6.92 Å². The standard InChI is InChI=1S/C22H17BrN2O5/c1-4-9-30-18-8-5-14(12-19(18)29-3)11-16-20(26)24-22(28)25(21(16)27)15-6-7-17(23)13(2)10-15/h1,5-8,10-12H,9H2,2-3H3,(H,24,26,28). The molecule has 2 aromatic rings. The van der Waals surface area contributed by atoms with Crippen LogP contribution in [0.25, 0.3) is 6.08 Å². The molecule has 0 saturated carbocycles. The molecule has 152 valence electrons. The summed E-state index contributed by atoms with van der Waals surface area (Å²) in [5.41, 5.74) is 1.52. The third kappa shape index (κ3) is 4.21. The Bertz CT molecular complexity index is 1120. The number of imide groups is 2. The number of urea groups is 1. The Balaban J connectivity index is 1.98. The van der Waals surface area contributed by atoms with Crippen molar-refractivity contribution in [3.63, 3.8) is 0 Å². The number of hydrogen-bond acceptors (Lipinski definition) is 5. The zero-order valence-corrected chi connectivity index (χ0v) is 17.8. The van der Waals surface area contributed by atoms with E-state index in [-0.39, 0.29) is 12.2 Å². The zero-order chi connectivity index (χ0) is 21.8. The second-order valence-electron chi connectivity index (χ2n) is 6.29. The van der Waals surface area contributed by atoms with Crippen molar-refractivity contribution in [3.05, 3.63) is 57.6 Å². The third-order valence-electron chi connectivity index (χ3n) is 4.31. The Labute approximate surface area is 181 Å². The lowest BCUT2D eigenvalue weighted by Crippen LogP contribution is -2.54. The van der Waals surface area contributed by atoms with Crippen LogP contribution in [0.3, 0.4) is 0 Å². The van der Waals surface area contributed by atoms with Gasteiger partial charge in [0.25, 0.3) is 11.8 Å². The number of nitrogens with zero attached hydrogens (tertiary/aromatic N) is 1. The Morgan fingerprint density at radius 1 is 1.17 bits per heavy atom. The van der Waals surface area contributed by atoms with Crippen LogP contribution < -0.4 is 19.7 Å². The molecule has 1 aliphatic rings. The predicted octanol–water partition coefficient (Wildman–Crippen LogP) is 3.44. The maximum Gasteiger partial charge on any atom is 0.335 e. The zero-order valence-electron chi connectivity index (χ0n) is 16.2. The quantitative estimate of drug-likeness (QED) is 0.412. The first kappa shape index (κ1) is 21.1. The van der Waals surface area contributed by atoms with Gasteiger partial charge in [0.2, 0.25) is 0 Å². The number of ether oxygens (including phenoxy) is 2. The van der Waals surface area contributed by atoms with E-state index in [1.807, 2.05) is 6.92 Å². The van der Waals surface area contributed by atoms with Gasteiger partial charge < -0.3 is 9.47 Å². The van der Waals surface area contributed by atoms with Gasteiger partial charge in [-0.3, -0.25) is 14.9 Å². The van der Waals surface area contributed by atoms with E-state index in [0.29, 0.717) is 22.7 Å². The molecule has 0 atom stereocenters. The fraction of sp³-hybridized carbons (Fsp3) is 0.136. The summed E-state index contributed by atoms with van der Waals surface area (Å²) in [5, 5.41) is 2.20. The van der Waals surface area contributed by atoms with Crippen molar-refractivity contribution in [2.75, 3.05) is 18.6 Å². The highest BCUT2D eigenvalue weighted by molar-refractivity contribution is 9.10. The van der Waals surface area contributed by atoms with Crippen LogP contribution in [-0.2, 0) is 9.59 Å². The van der Waals surface area contributed by atoms with E-state index >= 15 is 0 Å². The van der Waals surface area contributed by atoms with E-state index in [9.17, 15) is 14.4 Å². The number of benzene rings is 2. The number of methoxy groups -OCH3 is 1. The number of nitrogens with one attached hydrogen (secondary N) is 1. The first-order valence-corrected chi connectivity index (χ1v) is 9.57. The van der Waals surface area contributed by atoms with Crippen LogP contribution in [0.4, 0.5) is 10.5 Å². The van der Waals surface area contributed by atoms with Crippen LogP contribution in [0.2, 0.25) is 0 Å². The van der Waals surface area contributed by atoms with Gasteiger partial charge in [0.1, 0.15) is 12.2 Å². The van der Waals surface area contributed by atoms with E-state index in [2.05, 4.69) is 27.2 Å². The van der Waals surface area contributed by atoms with Crippen LogP contribution in [-0.4, -0.2) is 31.6 Å². The van der Waals surface area contributed by atoms with Gasteiger partial charge in [-0.2, -0.15) is 0 Å². The molecule has 0 bridgehead atoms. The molecule has 8 heteroatoms. The molecule has 0 radical (unpaired) electrons. The first-order chi connectivity index (χ1) is 14.3. The molecule has 1 fully saturated rings. The minimum absolute atomic E-state index is 0.0708. The summed E-state index contributed by atoms with van der Waals surface area (Å²) in [6, 6.07) is 9.08. The van der Waals surface area contributed by atoms with Crippen molar-refractivity contribution in [1.29, 1.82) is 0 Å². The highest BCUT2D eigenvalue weighted by atomic mass is 79.9. The van der Waals surface area contributed by atoms with Crippen molar-refractivity contribution < 1.29 is 23.9 Å². The van der Waals surface area contributed by atoms with Crippen LogP contribution in [0.1, 0.15) is 11.1 Å². The number of aryl methyl sites for hydroxylation is 1. The number of halogens is 1. The molecule has 1 heterocycles. The summed E-state index contributed by atoms with van der Waals surface area (Å²) in [6.45, 7) is 1.90. The summed E-state index contributed by atoms with van der Waals surface area (Å²) in [7, 11) is 1.46. The molecule has 0 aromatic heterocycles. The highest BCUT2D eigenvalue weighted by Crippen LogP contribution is 2.30. The van der Waals surface area contributed by atoms with Crippen LogP contribution in [0, 0.1) is 19.3 Å². The predicted molar refractivity (Wildman–Crippen MR) is 115 cm³/mol. The molecular weight excluding hydrogens is 452 g/mol. The normalized spacial score (nSPS) is 15.1. The monoisotopic (exact) mass is 468 g/mol. The Kier molecular flexibility index (Phi) is 6.23. The van der Waals surface area contributed by atoms with Crippen molar-refractivity contribution in [1.82, 2.24) is 5.32 Å². The summed E-state index contributed by atoms with van der Waals surface area (Å²) < 4.78 is 11.5. The van der Waals surface area contributed by atoms with Gasteiger partial charge in [-0.15, -0.1) is 6.42 Å². The van der Waals surface area contributed by atoms with Crippen molar-refractivity contribution in [2.24, 2.45) is 0 Å². The Morgan fingerprint density at radius 2 is 1.93 bits per heavy atom. The van der Waals surface area contributed by atoms with Crippen molar-refractivity contribution >= 4 is 45.5 Å². The van der Waals surface area contributed by atoms with Crippen LogP contribution in [0.5, 0.6) is 11.5 Å². The van der Waals surface area contributed by atoms with Gasteiger partial charge in [-0.05, 0) is 54.5 Å². The molecule has 0 aliphatic carbocycles. The minimum atomic E-state index is -0.806. The average Bonchev–Trinajstić information content (AvgIpc) is 2.72. The number of terminal acetylenes is 1. The number of amides is 4. The fourth-order valence-corrected chi connectivity index (χ4v) is 3.09. The Hall–Kier alpha value is -3.57. The molecule has 3 rings (SSSR count). The lowest BCUT2D eigenvalue weighted by atomic mass is 10.1. The summed E-state index contributed by atoms with van der Waals surface area (Å²) >= 11 is 3.38. The lowest BCUT2D eigenvalue weighted by Gasteiger charge is -2.26.